The van der Waals surface area contributed by atoms with Crippen molar-refractivity contribution in [3.63, 3.8) is 0 Å². The van der Waals surface area contributed by atoms with E-state index in [0.29, 0.717) is 24.1 Å². The number of thiazole rings is 1. The van der Waals surface area contributed by atoms with Crippen LogP contribution in [0.5, 0.6) is 0 Å². The lowest BCUT2D eigenvalue weighted by Crippen LogP contribution is -2.54. The van der Waals surface area contributed by atoms with Gasteiger partial charge in [0.1, 0.15) is 18.5 Å². The number of azide groups is 1. The van der Waals surface area contributed by atoms with E-state index in [2.05, 4.69) is 89.7 Å². The minimum Gasteiger partial charge on any atom is -0.458 e. The maximum atomic E-state index is 15.1. The molecule has 1 aromatic heterocycles. The Hall–Kier alpha value is -3.40. The Bertz CT molecular complexity index is 1920. The highest BCUT2D eigenvalue weighted by Gasteiger charge is 2.50. The number of rotatable bonds is 10. The largest absolute Gasteiger partial charge is 0.458 e. The molecule has 0 saturated carbocycles. The summed E-state index contributed by atoms with van der Waals surface area (Å²) in [5.41, 5.74) is 10.9. The number of esters is 2. The van der Waals surface area contributed by atoms with Crippen LogP contribution in [0.4, 0.5) is 5.69 Å². The number of Topliss-reactive ketones (excluding diaryl/α,β-unsaturated/α-hetero) is 1. The predicted molar refractivity (Wildman–Crippen MR) is 248 cm³/mol. The average Bonchev–Trinajstić information content (AvgIpc) is 3.55. The second kappa shape index (κ2) is 20.6. The third-order valence-corrected chi connectivity index (χ3v) is 22.7. The number of benzene rings is 1. The number of hydrogen-bond donors (Lipinski definition) is 0. The zero-order valence-corrected chi connectivity index (χ0v) is 42.0. The van der Waals surface area contributed by atoms with E-state index in [-0.39, 0.29) is 40.9 Å². The summed E-state index contributed by atoms with van der Waals surface area (Å²) in [5, 5.41) is 6.23. The van der Waals surface area contributed by atoms with Crippen LogP contribution in [0.1, 0.15) is 129 Å². The lowest BCUT2D eigenvalue weighted by Gasteiger charge is -2.46. The van der Waals surface area contributed by atoms with Gasteiger partial charge in [0.2, 0.25) is 0 Å². The minimum atomic E-state index is -2.50. The van der Waals surface area contributed by atoms with Crippen LogP contribution >= 0.6 is 11.3 Å². The third kappa shape index (κ3) is 13.8. The highest BCUT2D eigenvalue weighted by molar-refractivity contribution is 7.09. The van der Waals surface area contributed by atoms with E-state index in [9.17, 15) is 9.59 Å². The average molecular weight is 881 g/mol. The summed E-state index contributed by atoms with van der Waals surface area (Å²) in [7, 11) is -4.84. The van der Waals surface area contributed by atoms with Crippen LogP contribution in [0, 0.1) is 24.2 Å². The molecule has 0 unspecified atom stereocenters. The van der Waals surface area contributed by atoms with Crippen molar-refractivity contribution in [3.05, 3.63) is 73.6 Å². The molecule has 3 rings (SSSR count). The lowest BCUT2D eigenvalue weighted by atomic mass is 9.73. The predicted octanol–water partition coefficient (Wildman–Crippen LogP) is 13.1. The lowest BCUT2D eigenvalue weighted by molar-refractivity contribution is -0.153. The molecular weight excluding hydrogens is 809 g/mol. The van der Waals surface area contributed by atoms with Gasteiger partial charge in [0.25, 0.3) is 0 Å². The number of ketones is 1. The molecule has 0 saturated heterocycles. The standard InChI is InChI=1S/C46H72N4O7SSi2/c1-30-18-17-19-34(28-54-43(53)35-21-23-36(24-22-35)49-50-47)20-25-38(31(2)26-37-29-58-33(4)48-37)55-40(51)27-39(56-59(13,14)44(5,6)7)46(11,12)42(52)32(3)41(30)57-60(15,16)45(8,9)10/h20-24,26,29-30,32,38-39,41H,17-19,25,27-28H2,1-16H3/b31-26+,34-20+/t30-,32+,38-,39-,41-/m0/s1. The van der Waals surface area contributed by atoms with E-state index in [1.54, 1.807) is 35.6 Å². The number of aromatic nitrogens is 1. The molecule has 0 bridgehead atoms. The maximum Gasteiger partial charge on any atom is 0.338 e. The van der Waals surface area contributed by atoms with Crippen molar-refractivity contribution in [2.75, 3.05) is 6.61 Å². The van der Waals surface area contributed by atoms with Crippen molar-refractivity contribution in [2.24, 2.45) is 22.4 Å². The van der Waals surface area contributed by atoms with Gasteiger partial charge >= 0.3 is 11.9 Å². The number of hydrogen-bond acceptors (Lipinski definition) is 10. The van der Waals surface area contributed by atoms with Crippen molar-refractivity contribution < 1.29 is 32.7 Å². The van der Waals surface area contributed by atoms with Gasteiger partial charge in [0, 0.05) is 33.7 Å². The summed E-state index contributed by atoms with van der Waals surface area (Å²) in [5.74, 6) is -1.43. The fourth-order valence-corrected chi connectivity index (χ4v) is 10.3. The van der Waals surface area contributed by atoms with Gasteiger partial charge < -0.3 is 18.3 Å². The Balaban J connectivity index is 2.15. The topological polar surface area (TPSA) is 150 Å². The van der Waals surface area contributed by atoms with E-state index in [0.717, 1.165) is 34.7 Å². The van der Waals surface area contributed by atoms with Gasteiger partial charge in [-0.05, 0) is 110 Å². The summed E-state index contributed by atoms with van der Waals surface area (Å²) in [6.45, 7) is 33.8. The Morgan fingerprint density at radius 3 is 2.18 bits per heavy atom. The van der Waals surface area contributed by atoms with E-state index >= 15 is 4.79 Å². The second-order valence-electron chi connectivity index (χ2n) is 20.2. The number of carbonyl (C=O) groups is 3. The molecule has 0 radical (unpaired) electrons. The van der Waals surface area contributed by atoms with Crippen LogP contribution < -0.4 is 0 Å². The van der Waals surface area contributed by atoms with Gasteiger partial charge in [0.15, 0.2) is 16.6 Å². The number of ether oxygens (including phenoxy) is 2. The first-order valence-corrected chi connectivity index (χ1v) is 28.0. The van der Waals surface area contributed by atoms with Gasteiger partial charge in [-0.1, -0.05) is 92.6 Å². The summed E-state index contributed by atoms with van der Waals surface area (Å²) in [6.07, 6.45) is 4.58. The summed E-state index contributed by atoms with van der Waals surface area (Å²) in [4.78, 5) is 50.1. The Morgan fingerprint density at radius 2 is 1.63 bits per heavy atom. The van der Waals surface area contributed by atoms with Gasteiger partial charge in [0.05, 0.1) is 34.9 Å². The van der Waals surface area contributed by atoms with E-state index < -0.39 is 52.1 Å². The molecule has 1 aliphatic heterocycles. The molecule has 0 amide bonds. The molecule has 14 heteroatoms. The molecular formula is C46H72N4O7SSi2. The number of carbonyl (C=O) groups excluding carboxylic acids is 3. The highest BCUT2D eigenvalue weighted by Crippen LogP contribution is 2.44. The minimum absolute atomic E-state index is 0.00754. The Morgan fingerprint density at radius 1 is 1.03 bits per heavy atom. The van der Waals surface area contributed by atoms with Crippen LogP contribution in [0.25, 0.3) is 16.5 Å². The van der Waals surface area contributed by atoms with Gasteiger partial charge in [-0.3, -0.25) is 9.59 Å². The number of aryl methyl sites for hydroxylation is 1. The molecule has 2 heterocycles. The molecule has 5 atom stereocenters. The fraction of sp³-hybridized carbons (Fsp3) is 0.652. The number of cyclic esters (lactones) is 1. The number of nitrogens with zero attached hydrogens (tertiary/aromatic N) is 4. The smallest absolute Gasteiger partial charge is 0.338 e. The molecule has 1 aromatic carbocycles. The Labute approximate surface area is 366 Å². The summed E-state index contributed by atoms with van der Waals surface area (Å²) >= 11 is 1.55. The SMILES string of the molecule is C/C(=C\c1csc(C)n1)[C@@H]1C/C=C(/COC(=O)c2ccc(N=[N+]=[N-])cc2)CCC[C@H](C)[C@H](O[Si](C)(C)C(C)(C)C)[C@@H](C)C(=O)C(C)(C)[C@@H](O[Si](C)(C)C(C)(C)C)CC(=O)O1. The van der Waals surface area contributed by atoms with E-state index in [4.69, 9.17) is 23.9 Å². The van der Waals surface area contributed by atoms with Crippen molar-refractivity contribution in [1.29, 1.82) is 0 Å². The Kier molecular flexibility index (Phi) is 17.5. The monoisotopic (exact) mass is 880 g/mol. The van der Waals surface area contributed by atoms with Crippen molar-refractivity contribution in [1.82, 2.24) is 4.98 Å². The van der Waals surface area contributed by atoms with Crippen molar-refractivity contribution in [3.8, 4) is 0 Å². The zero-order chi connectivity index (χ0) is 45.4. The zero-order valence-electron chi connectivity index (χ0n) is 39.2. The molecule has 2 aromatic rings. The first-order valence-electron chi connectivity index (χ1n) is 21.3. The first-order chi connectivity index (χ1) is 27.6. The van der Waals surface area contributed by atoms with Crippen LogP contribution in [0.2, 0.25) is 36.3 Å². The quantitative estimate of drug-likeness (QED) is 0.0571. The molecule has 332 valence electrons. The molecule has 1 aliphatic rings. The second-order valence-corrected chi connectivity index (χ2v) is 30.8. The maximum absolute atomic E-state index is 15.1. The van der Waals surface area contributed by atoms with Crippen LogP contribution in [-0.2, 0) is 27.9 Å². The van der Waals surface area contributed by atoms with E-state index in [1.165, 1.54) is 0 Å². The van der Waals surface area contributed by atoms with Gasteiger partial charge in [-0.25, -0.2) is 9.78 Å². The van der Waals surface area contributed by atoms with Crippen molar-refractivity contribution in [2.45, 2.75) is 170 Å². The van der Waals surface area contributed by atoms with Crippen molar-refractivity contribution >= 4 is 57.5 Å². The molecule has 0 N–H and O–H groups in total. The third-order valence-electron chi connectivity index (χ3n) is 13.0. The summed E-state index contributed by atoms with van der Waals surface area (Å²) in [6, 6.07) is 6.27. The normalized spacial score (nSPS) is 24.2. The molecule has 60 heavy (non-hydrogen) atoms. The van der Waals surface area contributed by atoms with Crippen LogP contribution in [-0.4, -0.2) is 64.3 Å². The van der Waals surface area contributed by atoms with E-state index in [1.807, 2.05) is 52.2 Å². The molecule has 11 nitrogen and oxygen atoms in total. The molecule has 0 aliphatic carbocycles. The molecule has 0 spiro atoms. The highest BCUT2D eigenvalue weighted by atomic mass is 32.1. The van der Waals surface area contributed by atoms with Gasteiger partial charge in [-0.2, -0.15) is 0 Å². The van der Waals surface area contributed by atoms with Gasteiger partial charge in [-0.15, -0.1) is 11.3 Å². The summed E-state index contributed by atoms with van der Waals surface area (Å²) < 4.78 is 26.5. The fourth-order valence-electron chi connectivity index (χ4n) is 6.84. The first kappa shape index (κ1) is 51.0. The molecule has 0 fully saturated rings. The van der Waals surface area contributed by atoms with Crippen LogP contribution in [0.15, 0.2) is 52.0 Å². The van der Waals surface area contributed by atoms with Crippen LogP contribution in [0.3, 0.4) is 0 Å².